The fraction of sp³-hybridized carbons (Fsp3) is 0.125. The summed E-state index contributed by atoms with van der Waals surface area (Å²) in [6.07, 6.45) is 0. The average Bonchev–Trinajstić information content (AvgIpc) is 2.11. The maximum atomic E-state index is 10.9. The van der Waals surface area contributed by atoms with Crippen molar-refractivity contribution in [1.29, 1.82) is 0 Å². The fourth-order valence-corrected chi connectivity index (χ4v) is 1.28. The van der Waals surface area contributed by atoms with Gasteiger partial charge in [-0.05, 0) is 34.1 Å². The molecule has 0 bridgehead atoms. The quantitative estimate of drug-likeness (QED) is 0.857. The minimum absolute atomic E-state index is 0.0275. The van der Waals surface area contributed by atoms with E-state index in [9.17, 15) is 4.79 Å². The average molecular weight is 264 g/mol. The lowest BCUT2D eigenvalue weighted by atomic mass is 10.3. The molecule has 70 valence electrons. The van der Waals surface area contributed by atoms with Crippen molar-refractivity contribution < 1.29 is 4.79 Å². The molecular formula is C8H8BrClN2O. The van der Waals surface area contributed by atoms with Gasteiger partial charge in [0.25, 0.3) is 0 Å². The van der Waals surface area contributed by atoms with Crippen LogP contribution in [0.5, 0.6) is 0 Å². The first-order valence-corrected chi connectivity index (χ1v) is 4.75. The molecule has 0 atom stereocenters. The Hall–Kier alpha value is -0.580. The molecule has 0 aliphatic heterocycles. The number of carbonyl (C=O) groups is 1. The van der Waals surface area contributed by atoms with E-state index in [0.717, 1.165) is 4.47 Å². The van der Waals surface area contributed by atoms with Gasteiger partial charge in [-0.3, -0.25) is 4.79 Å². The highest BCUT2D eigenvalue weighted by atomic mass is 79.9. The summed E-state index contributed by atoms with van der Waals surface area (Å²) in [6, 6.07) is 5.12. The molecule has 0 saturated carbocycles. The molecule has 0 aliphatic rings. The van der Waals surface area contributed by atoms with Gasteiger partial charge in [0.05, 0.1) is 11.6 Å². The lowest BCUT2D eigenvalue weighted by Crippen LogP contribution is -2.21. The Balaban J connectivity index is 2.79. The SMILES string of the molecule is NCC(=O)Nc1ccc(Cl)c(Br)c1. The summed E-state index contributed by atoms with van der Waals surface area (Å²) in [7, 11) is 0. The molecule has 5 heteroatoms. The third-order valence-corrected chi connectivity index (χ3v) is 2.60. The Morgan fingerprint density at radius 3 is 2.85 bits per heavy atom. The van der Waals surface area contributed by atoms with Gasteiger partial charge in [-0.25, -0.2) is 0 Å². The molecule has 0 aromatic heterocycles. The van der Waals surface area contributed by atoms with E-state index in [1.165, 1.54) is 0 Å². The third-order valence-electron chi connectivity index (χ3n) is 1.39. The zero-order valence-corrected chi connectivity index (χ0v) is 9.02. The predicted molar refractivity (Wildman–Crippen MR) is 56.8 cm³/mol. The van der Waals surface area contributed by atoms with Crippen LogP contribution in [0.2, 0.25) is 5.02 Å². The molecule has 0 radical (unpaired) electrons. The minimum Gasteiger partial charge on any atom is -0.325 e. The second-order valence-electron chi connectivity index (χ2n) is 2.38. The van der Waals surface area contributed by atoms with Gasteiger partial charge in [-0.15, -0.1) is 0 Å². The first kappa shape index (κ1) is 10.5. The number of hydrogen-bond donors (Lipinski definition) is 2. The van der Waals surface area contributed by atoms with Crippen LogP contribution in [0.4, 0.5) is 5.69 Å². The summed E-state index contributed by atoms with van der Waals surface area (Å²) < 4.78 is 0.740. The number of amides is 1. The molecule has 1 aromatic rings. The van der Waals surface area contributed by atoms with Crippen molar-refractivity contribution in [3.63, 3.8) is 0 Å². The highest BCUT2D eigenvalue weighted by Gasteiger charge is 2.01. The number of carbonyl (C=O) groups excluding carboxylic acids is 1. The van der Waals surface area contributed by atoms with Gasteiger partial charge in [0, 0.05) is 10.2 Å². The largest absolute Gasteiger partial charge is 0.325 e. The summed E-state index contributed by atoms with van der Waals surface area (Å²) in [5.41, 5.74) is 5.81. The standard InChI is InChI=1S/C8H8BrClN2O/c9-6-3-5(1-2-7(6)10)12-8(13)4-11/h1-3H,4,11H2,(H,12,13). The van der Waals surface area contributed by atoms with E-state index in [2.05, 4.69) is 21.2 Å². The van der Waals surface area contributed by atoms with Crippen LogP contribution in [0, 0.1) is 0 Å². The van der Waals surface area contributed by atoms with Gasteiger partial charge in [0.1, 0.15) is 0 Å². The molecule has 3 nitrogen and oxygen atoms in total. The van der Waals surface area contributed by atoms with E-state index < -0.39 is 0 Å². The molecule has 13 heavy (non-hydrogen) atoms. The van der Waals surface area contributed by atoms with Crippen molar-refractivity contribution in [3.05, 3.63) is 27.7 Å². The highest BCUT2D eigenvalue weighted by Crippen LogP contribution is 2.25. The van der Waals surface area contributed by atoms with Gasteiger partial charge >= 0.3 is 0 Å². The molecule has 0 saturated heterocycles. The molecular weight excluding hydrogens is 255 g/mol. The summed E-state index contributed by atoms with van der Waals surface area (Å²) in [5.74, 6) is -0.228. The molecule has 0 fully saturated rings. The number of nitrogens with two attached hydrogens (primary N) is 1. The van der Waals surface area contributed by atoms with Crippen molar-refractivity contribution >= 4 is 39.1 Å². The van der Waals surface area contributed by atoms with Gasteiger partial charge in [0.2, 0.25) is 5.91 Å². The van der Waals surface area contributed by atoms with Crippen LogP contribution in [0.15, 0.2) is 22.7 Å². The Kier molecular flexibility index (Phi) is 3.71. The van der Waals surface area contributed by atoms with E-state index in [1.54, 1.807) is 18.2 Å². The van der Waals surface area contributed by atoms with E-state index in [4.69, 9.17) is 17.3 Å². The number of hydrogen-bond acceptors (Lipinski definition) is 2. The molecule has 0 heterocycles. The smallest absolute Gasteiger partial charge is 0.238 e. The first-order valence-electron chi connectivity index (χ1n) is 3.58. The van der Waals surface area contributed by atoms with Crippen molar-refractivity contribution in [2.75, 3.05) is 11.9 Å². The third kappa shape index (κ3) is 2.99. The second-order valence-corrected chi connectivity index (χ2v) is 3.64. The molecule has 3 N–H and O–H groups in total. The molecule has 1 amide bonds. The zero-order chi connectivity index (χ0) is 9.84. The van der Waals surface area contributed by atoms with E-state index in [-0.39, 0.29) is 12.5 Å². The maximum absolute atomic E-state index is 10.9. The van der Waals surface area contributed by atoms with E-state index in [1.807, 2.05) is 0 Å². The normalized spacial score (nSPS) is 9.77. The summed E-state index contributed by atoms with van der Waals surface area (Å²) in [5, 5.41) is 3.21. The van der Waals surface area contributed by atoms with Crippen molar-refractivity contribution in [2.45, 2.75) is 0 Å². The van der Waals surface area contributed by atoms with Crippen molar-refractivity contribution in [3.8, 4) is 0 Å². The van der Waals surface area contributed by atoms with Gasteiger partial charge in [-0.1, -0.05) is 11.6 Å². The monoisotopic (exact) mass is 262 g/mol. The number of halogens is 2. The maximum Gasteiger partial charge on any atom is 0.238 e. The van der Waals surface area contributed by atoms with Crippen LogP contribution in [0.25, 0.3) is 0 Å². The van der Waals surface area contributed by atoms with Crippen LogP contribution in [0.1, 0.15) is 0 Å². The fourth-order valence-electron chi connectivity index (χ4n) is 0.786. The Morgan fingerprint density at radius 1 is 1.62 bits per heavy atom. The lowest BCUT2D eigenvalue weighted by molar-refractivity contribution is -0.114. The van der Waals surface area contributed by atoms with Gasteiger partial charge < -0.3 is 11.1 Å². The van der Waals surface area contributed by atoms with Crippen molar-refractivity contribution in [1.82, 2.24) is 0 Å². The molecule has 1 rings (SSSR count). The van der Waals surface area contributed by atoms with Crippen LogP contribution in [0.3, 0.4) is 0 Å². The van der Waals surface area contributed by atoms with Crippen LogP contribution in [-0.4, -0.2) is 12.5 Å². The van der Waals surface area contributed by atoms with Crippen LogP contribution < -0.4 is 11.1 Å². The van der Waals surface area contributed by atoms with E-state index >= 15 is 0 Å². The number of benzene rings is 1. The summed E-state index contributed by atoms with van der Waals surface area (Å²) >= 11 is 9.01. The first-order chi connectivity index (χ1) is 6.13. The number of anilines is 1. The van der Waals surface area contributed by atoms with Crippen LogP contribution in [-0.2, 0) is 4.79 Å². The number of nitrogens with one attached hydrogen (secondary N) is 1. The molecule has 0 unspecified atom stereocenters. The second kappa shape index (κ2) is 4.60. The van der Waals surface area contributed by atoms with E-state index in [0.29, 0.717) is 10.7 Å². The minimum atomic E-state index is -0.228. The number of rotatable bonds is 2. The topological polar surface area (TPSA) is 55.1 Å². The lowest BCUT2D eigenvalue weighted by Gasteiger charge is -2.04. The Bertz CT molecular complexity index is 330. The molecule has 1 aromatic carbocycles. The molecule has 0 spiro atoms. The summed E-state index contributed by atoms with van der Waals surface area (Å²) in [6.45, 7) is -0.0275. The Labute approximate surface area is 89.4 Å². The Morgan fingerprint density at radius 2 is 2.31 bits per heavy atom. The molecule has 0 aliphatic carbocycles. The van der Waals surface area contributed by atoms with Crippen LogP contribution >= 0.6 is 27.5 Å². The summed E-state index contributed by atoms with van der Waals surface area (Å²) in [4.78, 5) is 10.9. The van der Waals surface area contributed by atoms with Gasteiger partial charge in [0.15, 0.2) is 0 Å². The predicted octanol–water partition coefficient (Wildman–Crippen LogP) is 2.00. The highest BCUT2D eigenvalue weighted by molar-refractivity contribution is 9.10. The van der Waals surface area contributed by atoms with Gasteiger partial charge in [-0.2, -0.15) is 0 Å². The zero-order valence-electron chi connectivity index (χ0n) is 6.68. The van der Waals surface area contributed by atoms with Crippen molar-refractivity contribution in [2.24, 2.45) is 5.73 Å².